The van der Waals surface area contributed by atoms with Gasteiger partial charge in [-0.3, -0.25) is 4.79 Å². The molecule has 1 N–H and O–H groups in total. The van der Waals surface area contributed by atoms with E-state index in [1.54, 1.807) is 30.3 Å². The van der Waals surface area contributed by atoms with E-state index in [1.165, 1.54) is 0 Å². The minimum absolute atomic E-state index is 0.173. The quantitative estimate of drug-likeness (QED) is 0.790. The van der Waals surface area contributed by atoms with Crippen LogP contribution in [0.25, 0.3) is 10.9 Å². The summed E-state index contributed by atoms with van der Waals surface area (Å²) >= 11 is 5.93. The molecule has 0 spiro atoms. The number of H-pyrrole nitrogens is 1. The molecule has 0 aliphatic rings. The SMILES string of the molecule is CCN(Cc1nc2ccccc2c(=O)[nH]1)c1ccc(Cl)c(C#N)n1. The highest BCUT2D eigenvalue weighted by molar-refractivity contribution is 6.31. The number of fused-ring (bicyclic) bond motifs is 1. The molecule has 0 saturated carbocycles. The van der Waals surface area contributed by atoms with Crippen LogP contribution in [0.1, 0.15) is 18.4 Å². The molecule has 120 valence electrons. The molecule has 2 aromatic heterocycles. The summed E-state index contributed by atoms with van der Waals surface area (Å²) in [6, 6.07) is 12.5. The highest BCUT2D eigenvalue weighted by atomic mass is 35.5. The lowest BCUT2D eigenvalue weighted by molar-refractivity contribution is 0.768. The summed E-state index contributed by atoms with van der Waals surface area (Å²) in [5, 5.41) is 9.94. The van der Waals surface area contributed by atoms with E-state index in [1.807, 2.05) is 24.0 Å². The molecule has 0 fully saturated rings. The normalized spacial score (nSPS) is 10.5. The van der Waals surface area contributed by atoms with Crippen molar-refractivity contribution in [3.8, 4) is 6.07 Å². The predicted molar refractivity (Wildman–Crippen MR) is 93.0 cm³/mol. The monoisotopic (exact) mass is 339 g/mol. The molecule has 0 radical (unpaired) electrons. The van der Waals surface area contributed by atoms with Crippen molar-refractivity contribution < 1.29 is 0 Å². The first-order chi connectivity index (χ1) is 11.6. The molecule has 3 rings (SSSR count). The first-order valence-corrected chi connectivity index (χ1v) is 7.79. The minimum atomic E-state index is -0.173. The summed E-state index contributed by atoms with van der Waals surface area (Å²) in [6.07, 6.45) is 0. The smallest absolute Gasteiger partial charge is 0.258 e. The molecule has 0 unspecified atom stereocenters. The Balaban J connectivity index is 1.96. The second-order valence-corrected chi connectivity index (χ2v) is 5.56. The topological polar surface area (TPSA) is 85.7 Å². The average Bonchev–Trinajstić information content (AvgIpc) is 2.60. The van der Waals surface area contributed by atoms with Gasteiger partial charge in [-0.1, -0.05) is 23.7 Å². The zero-order valence-corrected chi connectivity index (χ0v) is 13.7. The number of rotatable bonds is 4. The molecule has 2 heterocycles. The van der Waals surface area contributed by atoms with E-state index in [-0.39, 0.29) is 11.3 Å². The van der Waals surface area contributed by atoms with Crippen molar-refractivity contribution in [1.82, 2.24) is 15.0 Å². The fraction of sp³-hybridized carbons (Fsp3) is 0.176. The van der Waals surface area contributed by atoms with Gasteiger partial charge in [0.25, 0.3) is 5.56 Å². The van der Waals surface area contributed by atoms with Crippen LogP contribution < -0.4 is 10.5 Å². The van der Waals surface area contributed by atoms with E-state index in [9.17, 15) is 4.79 Å². The molecule has 3 aromatic rings. The first kappa shape index (κ1) is 16.0. The Morgan fingerprint density at radius 1 is 1.25 bits per heavy atom. The third-order valence-corrected chi connectivity index (χ3v) is 3.95. The van der Waals surface area contributed by atoms with Gasteiger partial charge < -0.3 is 9.88 Å². The largest absolute Gasteiger partial charge is 0.349 e. The van der Waals surface area contributed by atoms with Crippen LogP contribution in [0.2, 0.25) is 5.02 Å². The van der Waals surface area contributed by atoms with Crippen molar-refractivity contribution in [2.45, 2.75) is 13.5 Å². The molecule has 24 heavy (non-hydrogen) atoms. The van der Waals surface area contributed by atoms with Crippen molar-refractivity contribution in [3.63, 3.8) is 0 Å². The number of anilines is 1. The number of aromatic nitrogens is 3. The Bertz CT molecular complexity index is 992. The maximum absolute atomic E-state index is 12.2. The van der Waals surface area contributed by atoms with Crippen LogP contribution in [0.15, 0.2) is 41.2 Å². The lowest BCUT2D eigenvalue weighted by atomic mass is 10.2. The van der Waals surface area contributed by atoms with Gasteiger partial charge >= 0.3 is 0 Å². The van der Waals surface area contributed by atoms with Gasteiger partial charge in [-0.2, -0.15) is 5.26 Å². The Morgan fingerprint density at radius 3 is 2.79 bits per heavy atom. The molecule has 6 nitrogen and oxygen atoms in total. The van der Waals surface area contributed by atoms with E-state index in [0.717, 1.165) is 0 Å². The minimum Gasteiger partial charge on any atom is -0.349 e. The lowest BCUT2D eigenvalue weighted by Gasteiger charge is -2.21. The summed E-state index contributed by atoms with van der Waals surface area (Å²) in [6.45, 7) is 2.97. The summed E-state index contributed by atoms with van der Waals surface area (Å²) < 4.78 is 0. The van der Waals surface area contributed by atoms with Crippen molar-refractivity contribution in [2.24, 2.45) is 0 Å². The number of halogens is 1. The maximum Gasteiger partial charge on any atom is 0.258 e. The fourth-order valence-electron chi connectivity index (χ4n) is 2.43. The van der Waals surface area contributed by atoms with Crippen LogP contribution >= 0.6 is 11.6 Å². The van der Waals surface area contributed by atoms with E-state index in [2.05, 4.69) is 15.0 Å². The molecule has 1 aromatic carbocycles. The molecular formula is C17H14ClN5O. The van der Waals surface area contributed by atoms with Crippen LogP contribution in [0.4, 0.5) is 5.82 Å². The Kier molecular flexibility index (Phi) is 4.45. The molecule has 0 bridgehead atoms. The molecular weight excluding hydrogens is 326 g/mol. The van der Waals surface area contributed by atoms with Crippen LogP contribution in [0.5, 0.6) is 0 Å². The number of para-hydroxylation sites is 1. The Hall–Kier alpha value is -2.91. The van der Waals surface area contributed by atoms with Crippen LogP contribution in [-0.2, 0) is 6.54 Å². The summed E-state index contributed by atoms with van der Waals surface area (Å²) in [5.41, 5.74) is 0.648. The van der Waals surface area contributed by atoms with Gasteiger partial charge in [-0.15, -0.1) is 0 Å². The lowest BCUT2D eigenvalue weighted by Crippen LogP contribution is -2.26. The van der Waals surface area contributed by atoms with E-state index < -0.39 is 0 Å². The van der Waals surface area contributed by atoms with Gasteiger partial charge in [0.2, 0.25) is 0 Å². The third kappa shape index (κ3) is 3.07. The zero-order valence-electron chi connectivity index (χ0n) is 13.0. The second-order valence-electron chi connectivity index (χ2n) is 5.16. The molecule has 0 aliphatic heterocycles. The number of benzene rings is 1. The number of hydrogen-bond donors (Lipinski definition) is 1. The van der Waals surface area contributed by atoms with Crippen LogP contribution in [0, 0.1) is 11.3 Å². The molecule has 0 amide bonds. The fourth-order valence-corrected chi connectivity index (χ4v) is 2.58. The summed E-state index contributed by atoms with van der Waals surface area (Å²) in [5.74, 6) is 1.14. The number of aromatic amines is 1. The van der Waals surface area contributed by atoms with Crippen molar-refractivity contribution in [3.05, 3.63) is 63.3 Å². The number of hydrogen-bond acceptors (Lipinski definition) is 5. The van der Waals surface area contributed by atoms with E-state index in [4.69, 9.17) is 16.9 Å². The van der Waals surface area contributed by atoms with Crippen LogP contribution in [0.3, 0.4) is 0 Å². The van der Waals surface area contributed by atoms with Gasteiger partial charge in [-0.25, -0.2) is 9.97 Å². The molecule has 0 aliphatic carbocycles. The molecule has 7 heteroatoms. The van der Waals surface area contributed by atoms with Gasteiger partial charge in [0, 0.05) is 6.54 Å². The van der Waals surface area contributed by atoms with Crippen LogP contribution in [-0.4, -0.2) is 21.5 Å². The summed E-state index contributed by atoms with van der Waals surface area (Å²) in [4.78, 5) is 25.6. The standard InChI is InChI=1S/C17H14ClN5O/c1-2-23(16-8-7-12(18)14(9-19)21-16)10-15-20-13-6-4-3-5-11(13)17(24)22-15/h3-8H,2,10H2,1H3,(H,20,22,24). The van der Waals surface area contributed by atoms with Crippen molar-refractivity contribution >= 4 is 28.3 Å². The average molecular weight is 340 g/mol. The number of pyridine rings is 1. The Labute approximate surface area is 143 Å². The van der Waals surface area contributed by atoms with Gasteiger partial charge in [0.05, 0.1) is 22.5 Å². The van der Waals surface area contributed by atoms with Crippen molar-refractivity contribution in [1.29, 1.82) is 5.26 Å². The Morgan fingerprint density at radius 2 is 2.04 bits per heavy atom. The number of nitrogens with one attached hydrogen (secondary N) is 1. The number of nitriles is 1. The maximum atomic E-state index is 12.2. The molecule has 0 atom stereocenters. The predicted octanol–water partition coefficient (Wildman–Crippen LogP) is 2.87. The van der Waals surface area contributed by atoms with Gasteiger partial charge in [0.15, 0.2) is 5.69 Å². The summed E-state index contributed by atoms with van der Waals surface area (Å²) in [7, 11) is 0. The van der Waals surface area contributed by atoms with Gasteiger partial charge in [0.1, 0.15) is 17.7 Å². The third-order valence-electron chi connectivity index (χ3n) is 3.65. The van der Waals surface area contributed by atoms with E-state index >= 15 is 0 Å². The first-order valence-electron chi connectivity index (χ1n) is 7.42. The highest BCUT2D eigenvalue weighted by Gasteiger charge is 2.12. The zero-order chi connectivity index (χ0) is 17.1. The van der Waals surface area contributed by atoms with Crippen molar-refractivity contribution in [2.75, 3.05) is 11.4 Å². The number of nitrogens with zero attached hydrogens (tertiary/aromatic N) is 4. The van der Waals surface area contributed by atoms with E-state index in [0.29, 0.717) is 40.7 Å². The second kappa shape index (κ2) is 6.69. The van der Waals surface area contributed by atoms with Gasteiger partial charge in [-0.05, 0) is 31.2 Å². The molecule has 0 saturated heterocycles. The highest BCUT2D eigenvalue weighted by Crippen LogP contribution is 2.19.